The van der Waals surface area contributed by atoms with Crippen LogP contribution >= 0.6 is 27.5 Å². The second kappa shape index (κ2) is 5.23. The Balaban J connectivity index is 3.06. The Morgan fingerprint density at radius 1 is 1.57 bits per heavy atom. The molecular formula is C10H9BrClNO. The smallest absolute Gasteiger partial charge is 0.136 e. The van der Waals surface area contributed by atoms with Crippen LogP contribution in [0.15, 0.2) is 16.6 Å². The van der Waals surface area contributed by atoms with Gasteiger partial charge in [0.1, 0.15) is 5.75 Å². The molecule has 0 spiro atoms. The highest BCUT2D eigenvalue weighted by Gasteiger charge is 2.08. The lowest BCUT2D eigenvalue weighted by Crippen LogP contribution is -1.93. The third kappa shape index (κ3) is 2.63. The maximum absolute atomic E-state index is 8.49. The molecule has 0 amide bonds. The molecule has 1 aromatic carbocycles. The van der Waals surface area contributed by atoms with Gasteiger partial charge in [-0.2, -0.15) is 5.26 Å². The van der Waals surface area contributed by atoms with Crippen LogP contribution < -0.4 is 4.74 Å². The van der Waals surface area contributed by atoms with E-state index in [2.05, 4.69) is 22.0 Å². The molecule has 0 aliphatic heterocycles. The second-order valence-electron chi connectivity index (χ2n) is 2.74. The topological polar surface area (TPSA) is 33.0 Å². The van der Waals surface area contributed by atoms with Crippen LogP contribution in [0.3, 0.4) is 0 Å². The number of hydrogen-bond donors (Lipinski definition) is 0. The fourth-order valence-electron chi connectivity index (χ4n) is 1.22. The summed E-state index contributed by atoms with van der Waals surface area (Å²) in [7, 11) is 1.60. The van der Waals surface area contributed by atoms with Gasteiger partial charge in [0.15, 0.2) is 0 Å². The number of nitrogens with zero attached hydrogens (tertiary/aromatic N) is 1. The summed E-state index contributed by atoms with van der Waals surface area (Å²) in [5, 5.41) is 9.14. The quantitative estimate of drug-likeness (QED) is 0.844. The van der Waals surface area contributed by atoms with Crippen molar-refractivity contribution in [2.75, 3.05) is 7.11 Å². The molecule has 0 bridgehead atoms. The van der Waals surface area contributed by atoms with Crippen molar-refractivity contribution in [2.24, 2.45) is 0 Å². The molecule has 0 heterocycles. The Hall–Kier alpha value is -0.720. The largest absolute Gasteiger partial charge is 0.495 e. The van der Waals surface area contributed by atoms with Crippen molar-refractivity contribution in [3.63, 3.8) is 0 Å². The van der Waals surface area contributed by atoms with E-state index in [1.54, 1.807) is 13.2 Å². The summed E-state index contributed by atoms with van der Waals surface area (Å²) in [4.78, 5) is 0. The van der Waals surface area contributed by atoms with Gasteiger partial charge in [-0.15, -0.1) is 0 Å². The minimum absolute atomic E-state index is 0.461. The third-order valence-corrected chi connectivity index (χ3v) is 2.60. The lowest BCUT2D eigenvalue weighted by atomic mass is 10.1. The summed E-state index contributed by atoms with van der Waals surface area (Å²) in [6.07, 6.45) is 1.11. The molecule has 1 aromatic rings. The molecule has 0 fully saturated rings. The highest BCUT2D eigenvalue weighted by Crippen LogP contribution is 2.33. The van der Waals surface area contributed by atoms with Crippen LogP contribution in [0.1, 0.15) is 12.0 Å². The fourth-order valence-corrected chi connectivity index (χ4v) is 2.25. The van der Waals surface area contributed by atoms with Crippen molar-refractivity contribution in [2.45, 2.75) is 12.8 Å². The zero-order valence-corrected chi connectivity index (χ0v) is 10.0. The lowest BCUT2D eigenvalue weighted by Gasteiger charge is -2.09. The number of hydrogen-bond acceptors (Lipinski definition) is 2. The van der Waals surface area contributed by atoms with Crippen molar-refractivity contribution in [3.05, 3.63) is 27.2 Å². The first kappa shape index (κ1) is 11.4. The molecule has 4 heteroatoms. The van der Waals surface area contributed by atoms with Gasteiger partial charge in [0.2, 0.25) is 0 Å². The highest BCUT2D eigenvalue weighted by atomic mass is 79.9. The lowest BCUT2D eigenvalue weighted by molar-refractivity contribution is 0.407. The van der Waals surface area contributed by atoms with Crippen molar-refractivity contribution in [3.8, 4) is 11.8 Å². The number of rotatable bonds is 3. The number of aryl methyl sites for hydroxylation is 1. The maximum atomic E-state index is 8.49. The average molecular weight is 275 g/mol. The molecular weight excluding hydrogens is 265 g/mol. The van der Waals surface area contributed by atoms with E-state index >= 15 is 0 Å². The zero-order valence-electron chi connectivity index (χ0n) is 7.68. The van der Waals surface area contributed by atoms with Crippen molar-refractivity contribution in [1.29, 1.82) is 5.26 Å². The Morgan fingerprint density at radius 2 is 2.29 bits per heavy atom. The van der Waals surface area contributed by atoms with Crippen LogP contribution in [0.5, 0.6) is 5.75 Å². The zero-order chi connectivity index (χ0) is 10.6. The summed E-state index contributed by atoms with van der Waals surface area (Å²) in [5.74, 6) is 0.754. The summed E-state index contributed by atoms with van der Waals surface area (Å²) in [6, 6.07) is 5.69. The molecule has 0 radical (unpaired) electrons. The van der Waals surface area contributed by atoms with Gasteiger partial charge < -0.3 is 4.74 Å². The average Bonchev–Trinajstić information content (AvgIpc) is 2.14. The molecule has 0 saturated carbocycles. The van der Waals surface area contributed by atoms with Crippen molar-refractivity contribution < 1.29 is 4.74 Å². The Labute approximate surface area is 96.6 Å². The molecule has 0 atom stereocenters. The number of ether oxygens (including phenoxy) is 1. The predicted molar refractivity (Wildman–Crippen MR) is 59.6 cm³/mol. The molecule has 0 aromatic heterocycles. The summed E-state index contributed by atoms with van der Waals surface area (Å²) >= 11 is 9.25. The molecule has 0 aliphatic rings. The molecule has 0 aliphatic carbocycles. The van der Waals surface area contributed by atoms with Crippen molar-refractivity contribution >= 4 is 27.5 Å². The second-order valence-corrected chi connectivity index (χ2v) is 4.03. The van der Waals surface area contributed by atoms with Crippen LogP contribution in [-0.2, 0) is 6.42 Å². The van der Waals surface area contributed by atoms with E-state index in [0.29, 0.717) is 17.9 Å². The Morgan fingerprint density at radius 3 is 2.86 bits per heavy atom. The number of nitriles is 1. The first-order valence-corrected chi connectivity index (χ1v) is 5.25. The monoisotopic (exact) mass is 273 g/mol. The van der Waals surface area contributed by atoms with Gasteiger partial charge >= 0.3 is 0 Å². The molecule has 0 saturated heterocycles. The van der Waals surface area contributed by atoms with Crippen LogP contribution in [0, 0.1) is 11.3 Å². The number of halogens is 2. The standard InChI is InChI=1S/C10H9BrClNO/c1-14-10-7(3-2-4-13)5-8(12)6-9(10)11/h5-6H,2-3H2,1H3. The molecule has 14 heavy (non-hydrogen) atoms. The van der Waals surface area contributed by atoms with E-state index in [-0.39, 0.29) is 0 Å². The SMILES string of the molecule is COc1c(Br)cc(Cl)cc1CCC#N. The highest BCUT2D eigenvalue weighted by molar-refractivity contribution is 9.10. The Kier molecular flexibility index (Phi) is 4.24. The van der Waals surface area contributed by atoms with Gasteiger partial charge in [-0.05, 0) is 40.0 Å². The van der Waals surface area contributed by atoms with E-state index in [9.17, 15) is 0 Å². The molecule has 0 unspecified atom stereocenters. The molecule has 1 rings (SSSR count). The normalized spacial score (nSPS) is 9.57. The van der Waals surface area contributed by atoms with Crippen molar-refractivity contribution in [1.82, 2.24) is 0 Å². The molecule has 0 N–H and O–H groups in total. The van der Waals surface area contributed by atoms with E-state index in [1.807, 2.05) is 6.07 Å². The van der Waals surface area contributed by atoms with Gasteiger partial charge in [-0.25, -0.2) is 0 Å². The van der Waals surface area contributed by atoms with Crippen LogP contribution in [0.4, 0.5) is 0 Å². The number of methoxy groups -OCH3 is 1. The van der Waals surface area contributed by atoms with Gasteiger partial charge in [-0.3, -0.25) is 0 Å². The van der Waals surface area contributed by atoms with Crippen LogP contribution in [0.25, 0.3) is 0 Å². The van der Waals surface area contributed by atoms with Crippen LogP contribution in [0.2, 0.25) is 5.02 Å². The molecule has 74 valence electrons. The van der Waals surface area contributed by atoms with E-state index in [1.165, 1.54) is 0 Å². The van der Waals surface area contributed by atoms with Gasteiger partial charge in [-0.1, -0.05) is 11.6 Å². The Bertz CT molecular complexity index is 373. The maximum Gasteiger partial charge on any atom is 0.136 e. The van der Waals surface area contributed by atoms with E-state index in [0.717, 1.165) is 15.8 Å². The first-order valence-electron chi connectivity index (χ1n) is 4.08. The first-order chi connectivity index (χ1) is 6.69. The molecule has 2 nitrogen and oxygen atoms in total. The van der Waals surface area contributed by atoms with E-state index < -0.39 is 0 Å². The summed E-state index contributed by atoms with van der Waals surface area (Å²) in [5.41, 5.74) is 0.952. The summed E-state index contributed by atoms with van der Waals surface area (Å²) < 4.78 is 6.03. The fraction of sp³-hybridized carbons (Fsp3) is 0.300. The van der Waals surface area contributed by atoms with Gasteiger partial charge in [0, 0.05) is 11.4 Å². The minimum Gasteiger partial charge on any atom is -0.495 e. The third-order valence-electron chi connectivity index (χ3n) is 1.80. The van der Waals surface area contributed by atoms with Gasteiger partial charge in [0.05, 0.1) is 17.7 Å². The summed E-state index contributed by atoms with van der Waals surface area (Å²) in [6.45, 7) is 0. The van der Waals surface area contributed by atoms with E-state index in [4.69, 9.17) is 21.6 Å². The minimum atomic E-state index is 0.461. The number of benzene rings is 1. The van der Waals surface area contributed by atoms with Crippen LogP contribution in [-0.4, -0.2) is 7.11 Å². The van der Waals surface area contributed by atoms with Gasteiger partial charge in [0.25, 0.3) is 0 Å². The predicted octanol–water partition coefficient (Wildman–Crippen LogP) is 3.57.